The molecular weight excluding hydrogens is 260 g/mol. The zero-order valence-corrected chi connectivity index (χ0v) is 10.9. The normalized spacial score (nSPS) is 12.2. The molecule has 4 nitrogen and oxygen atoms in total. The molecule has 19 heavy (non-hydrogen) atoms. The summed E-state index contributed by atoms with van der Waals surface area (Å²) in [5.74, 6) is 0. The summed E-state index contributed by atoms with van der Waals surface area (Å²) in [7, 11) is -3.42. The van der Waals surface area contributed by atoms with E-state index in [-0.39, 0.29) is 0 Å². The number of aromatic nitrogens is 2. The number of rotatable bonds is 4. The van der Waals surface area contributed by atoms with E-state index >= 15 is 0 Å². The van der Waals surface area contributed by atoms with Crippen LogP contribution in [-0.2, 0) is 9.84 Å². The molecule has 0 saturated heterocycles. The fourth-order valence-electron chi connectivity index (χ4n) is 1.32. The van der Waals surface area contributed by atoms with Crippen LogP contribution in [0, 0.1) is 0 Å². The molecule has 0 spiro atoms. The molecule has 2 heterocycles. The topological polar surface area (TPSA) is 59.9 Å². The number of hydrogen-bond acceptors (Lipinski definition) is 4. The summed E-state index contributed by atoms with van der Waals surface area (Å²) in [4.78, 5) is 8.02. The zero-order chi connectivity index (χ0) is 13.6. The molecule has 0 aliphatic rings. The van der Waals surface area contributed by atoms with Crippen molar-refractivity contribution in [1.29, 1.82) is 0 Å². The van der Waals surface area contributed by atoms with Crippen LogP contribution >= 0.6 is 0 Å². The van der Waals surface area contributed by atoms with E-state index < -0.39 is 9.84 Å². The first-order valence-corrected chi connectivity index (χ1v) is 7.20. The highest BCUT2D eigenvalue weighted by atomic mass is 32.2. The van der Waals surface area contributed by atoms with E-state index in [1.54, 1.807) is 48.8 Å². The Hall–Kier alpha value is -2.27. The van der Waals surface area contributed by atoms with E-state index in [1.807, 2.05) is 0 Å². The van der Waals surface area contributed by atoms with E-state index in [0.717, 1.165) is 10.8 Å². The van der Waals surface area contributed by atoms with E-state index in [4.69, 9.17) is 0 Å². The van der Waals surface area contributed by atoms with Gasteiger partial charge < -0.3 is 0 Å². The van der Waals surface area contributed by atoms with Crippen LogP contribution in [0.4, 0.5) is 0 Å². The first-order chi connectivity index (χ1) is 9.16. The lowest BCUT2D eigenvalue weighted by atomic mass is 10.3. The molecule has 0 atom stereocenters. The Morgan fingerprint density at radius 2 is 1.26 bits per heavy atom. The summed E-state index contributed by atoms with van der Waals surface area (Å²) >= 11 is 0. The lowest BCUT2D eigenvalue weighted by molar-refractivity contribution is 0.613. The molecule has 0 bridgehead atoms. The van der Waals surface area contributed by atoms with Gasteiger partial charge in [-0.15, -0.1) is 0 Å². The quantitative estimate of drug-likeness (QED) is 0.858. The maximum Gasteiger partial charge on any atom is 0.193 e. The summed E-state index contributed by atoms with van der Waals surface area (Å²) in [5, 5.41) is 2.24. The van der Waals surface area contributed by atoms with Gasteiger partial charge in [-0.25, -0.2) is 8.42 Å². The Balaban J connectivity index is 2.12. The Morgan fingerprint density at radius 1 is 0.789 bits per heavy atom. The van der Waals surface area contributed by atoms with Gasteiger partial charge in [-0.2, -0.15) is 0 Å². The molecule has 0 radical (unpaired) electrons. The molecule has 2 rings (SSSR count). The standard InChI is InChI=1S/C14H12N2O2S/c17-19(18,11-7-13-5-1-3-9-15-13)12-8-14-6-2-4-10-16-14/h1-12H/b11-7+,12-8+. The smallest absolute Gasteiger partial charge is 0.193 e. The lowest BCUT2D eigenvalue weighted by Gasteiger charge is -1.92. The van der Waals surface area contributed by atoms with Crippen molar-refractivity contribution < 1.29 is 8.42 Å². The predicted octanol–water partition coefficient (Wildman–Crippen LogP) is 2.53. The van der Waals surface area contributed by atoms with Crippen LogP contribution in [0.15, 0.2) is 59.6 Å². The minimum absolute atomic E-state index is 0.595. The highest BCUT2D eigenvalue weighted by Crippen LogP contribution is 2.05. The van der Waals surface area contributed by atoms with Gasteiger partial charge in [0.25, 0.3) is 0 Å². The summed E-state index contributed by atoms with van der Waals surface area (Å²) < 4.78 is 23.5. The second-order valence-corrected chi connectivity index (χ2v) is 5.43. The van der Waals surface area contributed by atoms with E-state index in [1.165, 1.54) is 12.2 Å². The predicted molar refractivity (Wildman–Crippen MR) is 75.5 cm³/mol. The second-order valence-electron chi connectivity index (χ2n) is 3.70. The van der Waals surface area contributed by atoms with Crippen molar-refractivity contribution in [3.63, 3.8) is 0 Å². The lowest BCUT2D eigenvalue weighted by Crippen LogP contribution is -1.89. The maximum absolute atomic E-state index is 11.7. The molecule has 0 amide bonds. The molecule has 0 N–H and O–H groups in total. The van der Waals surface area contributed by atoms with Gasteiger partial charge in [0.2, 0.25) is 0 Å². The molecule has 0 saturated carbocycles. The van der Waals surface area contributed by atoms with E-state index in [2.05, 4.69) is 9.97 Å². The van der Waals surface area contributed by atoms with Crippen LogP contribution < -0.4 is 0 Å². The SMILES string of the molecule is O=S(=O)(/C=C/c1ccccn1)/C=C/c1ccccn1. The number of nitrogens with zero attached hydrogens (tertiary/aromatic N) is 2. The average Bonchev–Trinajstić information content (AvgIpc) is 2.46. The maximum atomic E-state index is 11.7. The summed E-state index contributed by atoms with van der Waals surface area (Å²) in [6.07, 6.45) is 6.13. The van der Waals surface area contributed by atoms with Crippen molar-refractivity contribution in [2.45, 2.75) is 0 Å². The summed E-state index contributed by atoms with van der Waals surface area (Å²) in [6.45, 7) is 0. The van der Waals surface area contributed by atoms with Crippen molar-refractivity contribution in [3.05, 3.63) is 71.0 Å². The molecule has 0 unspecified atom stereocenters. The van der Waals surface area contributed by atoms with Gasteiger partial charge in [0.05, 0.1) is 11.4 Å². The third-order valence-electron chi connectivity index (χ3n) is 2.23. The monoisotopic (exact) mass is 272 g/mol. The van der Waals surface area contributed by atoms with Crippen molar-refractivity contribution >= 4 is 22.0 Å². The van der Waals surface area contributed by atoms with Crippen LogP contribution in [-0.4, -0.2) is 18.4 Å². The van der Waals surface area contributed by atoms with Crippen LogP contribution in [0.2, 0.25) is 0 Å². The van der Waals surface area contributed by atoms with Crippen molar-refractivity contribution in [2.75, 3.05) is 0 Å². The van der Waals surface area contributed by atoms with Gasteiger partial charge in [0, 0.05) is 23.2 Å². The van der Waals surface area contributed by atoms with Crippen LogP contribution in [0.1, 0.15) is 11.4 Å². The van der Waals surface area contributed by atoms with Crippen molar-refractivity contribution in [1.82, 2.24) is 9.97 Å². The highest BCUT2D eigenvalue weighted by Gasteiger charge is 1.99. The van der Waals surface area contributed by atoms with Gasteiger partial charge in [0.15, 0.2) is 9.84 Å². The van der Waals surface area contributed by atoms with E-state index in [0.29, 0.717) is 11.4 Å². The Kier molecular flexibility index (Phi) is 4.20. The van der Waals surface area contributed by atoms with Crippen LogP contribution in [0.5, 0.6) is 0 Å². The molecule has 0 aliphatic heterocycles. The van der Waals surface area contributed by atoms with Gasteiger partial charge in [-0.1, -0.05) is 12.1 Å². The molecule has 2 aromatic heterocycles. The molecule has 96 valence electrons. The average molecular weight is 272 g/mol. The van der Waals surface area contributed by atoms with Gasteiger partial charge in [-0.3, -0.25) is 9.97 Å². The Labute approximate surface area is 112 Å². The zero-order valence-electron chi connectivity index (χ0n) is 10.0. The number of hydrogen-bond donors (Lipinski definition) is 0. The minimum Gasteiger partial charge on any atom is -0.257 e. The fraction of sp³-hybridized carbons (Fsp3) is 0. The Morgan fingerprint density at radius 3 is 1.63 bits per heavy atom. The fourth-order valence-corrected chi connectivity index (χ4v) is 2.07. The van der Waals surface area contributed by atoms with Crippen LogP contribution in [0.3, 0.4) is 0 Å². The number of pyridine rings is 2. The van der Waals surface area contributed by atoms with Crippen molar-refractivity contribution in [2.24, 2.45) is 0 Å². The van der Waals surface area contributed by atoms with Gasteiger partial charge >= 0.3 is 0 Å². The van der Waals surface area contributed by atoms with Gasteiger partial charge in [-0.05, 0) is 36.4 Å². The van der Waals surface area contributed by atoms with Crippen LogP contribution in [0.25, 0.3) is 12.2 Å². The first-order valence-electron chi connectivity index (χ1n) is 5.59. The number of sulfone groups is 1. The molecule has 5 heteroatoms. The second kappa shape index (κ2) is 6.06. The summed E-state index contributed by atoms with van der Waals surface area (Å²) in [5.41, 5.74) is 1.19. The minimum atomic E-state index is -3.42. The van der Waals surface area contributed by atoms with Crippen molar-refractivity contribution in [3.8, 4) is 0 Å². The Bertz CT molecular complexity index is 622. The molecular formula is C14H12N2O2S. The largest absolute Gasteiger partial charge is 0.257 e. The third kappa shape index (κ3) is 4.48. The molecule has 2 aromatic rings. The summed E-state index contributed by atoms with van der Waals surface area (Å²) in [6, 6.07) is 10.6. The third-order valence-corrected chi connectivity index (χ3v) is 3.26. The molecule has 0 fully saturated rings. The van der Waals surface area contributed by atoms with Gasteiger partial charge in [0.1, 0.15) is 0 Å². The molecule has 0 aliphatic carbocycles. The first kappa shape index (κ1) is 13.2. The highest BCUT2D eigenvalue weighted by molar-refractivity contribution is 7.97. The van der Waals surface area contributed by atoms with E-state index in [9.17, 15) is 8.42 Å². The molecule has 0 aromatic carbocycles.